The van der Waals surface area contributed by atoms with Gasteiger partial charge >= 0.3 is 18.0 Å². The lowest BCUT2D eigenvalue weighted by Crippen LogP contribution is -2.56. The maximum atomic E-state index is 13.0. The third-order valence-electron chi connectivity index (χ3n) is 8.03. The molecular formula is C32H42N2O9. The second kappa shape index (κ2) is 11.2. The molecule has 234 valence electrons. The van der Waals surface area contributed by atoms with Crippen molar-refractivity contribution in [3.8, 4) is 11.5 Å². The molecule has 3 aliphatic carbocycles. The molecule has 1 aromatic carbocycles. The molecule has 0 spiro atoms. The largest absolute Gasteiger partial charge is 0.478 e. The standard InChI is InChI=1S/C32H42N2O9/c1-30(2,3)42-28(37)19(34-29(38)43-31(4,5)6)10-12-23(36)40-21-11-9-18-15-22(33-16-17-7-8-17)32(39)14-13-20(35)26-25(32)24(18)27(21)41-26/h9,11,17,19,25-26,39H,7-8,10,12-16H2,1-6H3,(H,34,38)/t19-,25?,26?,32+/m0/s1. The lowest BCUT2D eigenvalue weighted by molar-refractivity contribution is -0.157. The maximum Gasteiger partial charge on any atom is 0.408 e. The molecule has 0 bridgehead atoms. The number of rotatable bonds is 8. The molecular weight excluding hydrogens is 556 g/mol. The van der Waals surface area contributed by atoms with Crippen LogP contribution in [0.25, 0.3) is 0 Å². The topological polar surface area (TPSA) is 150 Å². The van der Waals surface area contributed by atoms with Crippen molar-refractivity contribution < 1.29 is 43.2 Å². The summed E-state index contributed by atoms with van der Waals surface area (Å²) in [4.78, 5) is 56.0. The van der Waals surface area contributed by atoms with Gasteiger partial charge in [-0.1, -0.05) is 6.07 Å². The fraction of sp³-hybridized carbons (Fsp3) is 0.656. The number of aliphatic hydroxyl groups is 1. The molecule has 4 aliphatic rings. The Labute approximate surface area is 251 Å². The highest BCUT2D eigenvalue weighted by molar-refractivity contribution is 6.02. The third kappa shape index (κ3) is 6.87. The molecule has 2 saturated carbocycles. The Morgan fingerprint density at radius 2 is 1.81 bits per heavy atom. The fourth-order valence-electron chi connectivity index (χ4n) is 5.91. The number of ketones is 1. The summed E-state index contributed by atoms with van der Waals surface area (Å²) in [5.41, 5.74) is -0.610. The van der Waals surface area contributed by atoms with Crippen LogP contribution in [0.1, 0.15) is 97.1 Å². The third-order valence-corrected chi connectivity index (χ3v) is 8.03. The highest BCUT2D eigenvalue weighted by atomic mass is 16.6. The Hall–Kier alpha value is -3.47. The lowest BCUT2D eigenvalue weighted by atomic mass is 9.63. The number of Topliss-reactive ketones (excluding diaryl/α,β-unsaturated/α-hetero) is 1. The van der Waals surface area contributed by atoms with Crippen molar-refractivity contribution in [1.82, 2.24) is 5.32 Å². The SMILES string of the molecule is CC(C)(C)OC(=O)N[C@@H](CCC(=O)Oc1ccc2c3c1OC1C(=O)CC[C@@](O)(C(=NCC4CC4)C2)C31)C(=O)OC(C)(C)C. The Bertz CT molecular complexity index is 1350. The van der Waals surface area contributed by atoms with Crippen LogP contribution in [-0.2, 0) is 30.3 Å². The molecule has 1 aromatic rings. The number of amides is 1. The summed E-state index contributed by atoms with van der Waals surface area (Å²) < 4.78 is 22.5. The van der Waals surface area contributed by atoms with Crippen molar-refractivity contribution >= 4 is 29.5 Å². The molecule has 5 rings (SSSR count). The summed E-state index contributed by atoms with van der Waals surface area (Å²) in [6.45, 7) is 10.9. The van der Waals surface area contributed by atoms with Crippen molar-refractivity contribution in [2.45, 2.75) is 121 Å². The van der Waals surface area contributed by atoms with Crippen LogP contribution in [0.2, 0.25) is 0 Å². The van der Waals surface area contributed by atoms with Gasteiger partial charge in [0.15, 0.2) is 23.4 Å². The second-order valence-electron chi connectivity index (χ2n) is 14.0. The van der Waals surface area contributed by atoms with Gasteiger partial charge in [-0.2, -0.15) is 0 Å². The number of nitrogens with zero attached hydrogens (tertiary/aromatic N) is 1. The van der Waals surface area contributed by atoms with E-state index in [-0.39, 0.29) is 43.0 Å². The zero-order valence-electron chi connectivity index (χ0n) is 25.8. The minimum Gasteiger partial charge on any atom is -0.478 e. The number of carbonyl (C=O) groups is 4. The molecule has 11 nitrogen and oxygen atoms in total. The van der Waals surface area contributed by atoms with E-state index < -0.39 is 52.9 Å². The summed E-state index contributed by atoms with van der Waals surface area (Å²) in [5, 5.41) is 14.4. The van der Waals surface area contributed by atoms with Gasteiger partial charge in [0, 0.05) is 37.1 Å². The molecule has 43 heavy (non-hydrogen) atoms. The highest BCUT2D eigenvalue weighted by Crippen LogP contribution is 2.57. The number of ether oxygens (including phenoxy) is 4. The van der Waals surface area contributed by atoms with E-state index in [1.807, 2.05) is 6.07 Å². The minimum atomic E-state index is -1.29. The number of hydrogen-bond donors (Lipinski definition) is 2. The molecule has 2 unspecified atom stereocenters. The van der Waals surface area contributed by atoms with Crippen molar-refractivity contribution in [2.24, 2.45) is 10.9 Å². The van der Waals surface area contributed by atoms with Crippen LogP contribution < -0.4 is 14.8 Å². The molecule has 11 heteroatoms. The average molecular weight is 599 g/mol. The maximum absolute atomic E-state index is 13.0. The van der Waals surface area contributed by atoms with E-state index >= 15 is 0 Å². The van der Waals surface area contributed by atoms with Crippen LogP contribution in [0.4, 0.5) is 4.79 Å². The van der Waals surface area contributed by atoms with Crippen LogP contribution in [-0.4, -0.2) is 70.1 Å². The molecule has 1 amide bonds. The van der Waals surface area contributed by atoms with Crippen molar-refractivity contribution in [1.29, 1.82) is 0 Å². The molecule has 1 heterocycles. The quantitative estimate of drug-likeness (QED) is 0.335. The number of aliphatic imine (C=N–C) groups is 1. The van der Waals surface area contributed by atoms with Crippen LogP contribution >= 0.6 is 0 Å². The number of benzene rings is 1. The summed E-state index contributed by atoms with van der Waals surface area (Å²) in [6.07, 6.45) is 1.16. The van der Waals surface area contributed by atoms with Gasteiger partial charge in [-0.15, -0.1) is 0 Å². The van der Waals surface area contributed by atoms with Gasteiger partial charge in [-0.3, -0.25) is 14.6 Å². The normalized spacial score (nSPS) is 25.8. The molecule has 4 atom stereocenters. The first-order valence-electron chi connectivity index (χ1n) is 15.1. The summed E-state index contributed by atoms with van der Waals surface area (Å²) >= 11 is 0. The van der Waals surface area contributed by atoms with E-state index in [1.54, 1.807) is 47.6 Å². The molecule has 1 aliphatic heterocycles. The molecule has 0 saturated heterocycles. The molecule has 2 N–H and O–H groups in total. The van der Waals surface area contributed by atoms with Crippen LogP contribution in [0.15, 0.2) is 17.1 Å². The van der Waals surface area contributed by atoms with Crippen molar-refractivity contribution in [2.75, 3.05) is 6.54 Å². The van der Waals surface area contributed by atoms with Gasteiger partial charge in [-0.05, 0) is 84.8 Å². The number of alkyl carbamates (subject to hydrolysis) is 1. The fourth-order valence-corrected chi connectivity index (χ4v) is 5.91. The minimum absolute atomic E-state index is 0.0988. The molecule has 2 fully saturated rings. The van der Waals surface area contributed by atoms with E-state index in [0.717, 1.165) is 18.4 Å². The van der Waals surface area contributed by atoms with Crippen LogP contribution in [0.5, 0.6) is 11.5 Å². The number of carbonyl (C=O) groups excluding carboxylic acids is 4. The lowest BCUT2D eigenvalue weighted by Gasteiger charge is -2.44. The molecule has 0 aromatic heterocycles. The first-order valence-corrected chi connectivity index (χ1v) is 15.1. The number of esters is 2. The Morgan fingerprint density at radius 3 is 2.47 bits per heavy atom. The zero-order valence-corrected chi connectivity index (χ0v) is 25.8. The van der Waals surface area contributed by atoms with E-state index in [9.17, 15) is 24.3 Å². The monoisotopic (exact) mass is 598 g/mol. The molecule has 0 radical (unpaired) electrons. The van der Waals surface area contributed by atoms with Gasteiger partial charge in [0.25, 0.3) is 0 Å². The van der Waals surface area contributed by atoms with E-state index in [1.165, 1.54) is 0 Å². The van der Waals surface area contributed by atoms with Gasteiger partial charge in [-0.25, -0.2) is 9.59 Å². The zero-order chi connectivity index (χ0) is 31.3. The second-order valence-corrected chi connectivity index (χ2v) is 14.0. The van der Waals surface area contributed by atoms with Crippen LogP contribution in [0, 0.1) is 5.92 Å². The first-order chi connectivity index (χ1) is 20.0. The highest BCUT2D eigenvalue weighted by Gasteiger charge is 2.60. The smallest absolute Gasteiger partial charge is 0.408 e. The van der Waals surface area contributed by atoms with E-state index in [4.69, 9.17) is 23.9 Å². The average Bonchev–Trinajstić information content (AvgIpc) is 3.61. The van der Waals surface area contributed by atoms with Gasteiger partial charge < -0.3 is 29.4 Å². The Balaban J connectivity index is 1.32. The number of nitrogens with one attached hydrogen (secondary N) is 1. The Morgan fingerprint density at radius 1 is 1.12 bits per heavy atom. The Kier molecular flexibility index (Phi) is 8.09. The van der Waals surface area contributed by atoms with Gasteiger partial charge in [0.05, 0.1) is 5.92 Å². The summed E-state index contributed by atoms with van der Waals surface area (Å²) in [6, 6.07) is 2.30. The van der Waals surface area contributed by atoms with Gasteiger partial charge in [0.2, 0.25) is 0 Å². The van der Waals surface area contributed by atoms with E-state index in [0.29, 0.717) is 30.2 Å². The first kappa shape index (κ1) is 31.0. The predicted molar refractivity (Wildman–Crippen MR) is 155 cm³/mol. The predicted octanol–water partition coefficient (Wildman–Crippen LogP) is 3.95. The van der Waals surface area contributed by atoms with Crippen molar-refractivity contribution in [3.05, 3.63) is 23.3 Å². The van der Waals surface area contributed by atoms with E-state index in [2.05, 4.69) is 5.32 Å². The van der Waals surface area contributed by atoms with Gasteiger partial charge in [0.1, 0.15) is 22.8 Å². The van der Waals surface area contributed by atoms with Crippen molar-refractivity contribution in [3.63, 3.8) is 0 Å². The number of hydrogen-bond acceptors (Lipinski definition) is 10. The summed E-state index contributed by atoms with van der Waals surface area (Å²) in [5.74, 6) is -1.11. The summed E-state index contributed by atoms with van der Waals surface area (Å²) in [7, 11) is 0. The van der Waals surface area contributed by atoms with Crippen LogP contribution in [0.3, 0.4) is 0 Å².